The Morgan fingerprint density at radius 1 is 1.48 bits per heavy atom. The Morgan fingerprint density at radius 2 is 2.22 bits per heavy atom. The molecule has 2 rings (SSSR count). The monoisotopic (exact) mass is 340 g/mol. The Balaban J connectivity index is 1.99. The van der Waals surface area contributed by atoms with Crippen LogP contribution in [-0.4, -0.2) is 47.1 Å². The van der Waals surface area contributed by atoms with Gasteiger partial charge in [-0.25, -0.2) is 4.79 Å². The zero-order valence-corrected chi connectivity index (χ0v) is 14.1. The number of esters is 1. The van der Waals surface area contributed by atoms with Crippen molar-refractivity contribution in [3.63, 3.8) is 0 Å². The van der Waals surface area contributed by atoms with E-state index in [9.17, 15) is 14.4 Å². The molecule has 1 aromatic heterocycles. The van der Waals surface area contributed by atoms with Crippen molar-refractivity contribution in [2.24, 2.45) is 0 Å². The van der Waals surface area contributed by atoms with E-state index >= 15 is 0 Å². The number of nitrogens with one attached hydrogen (secondary N) is 1. The quantitative estimate of drug-likeness (QED) is 0.813. The minimum atomic E-state index is -0.723. The molecule has 0 radical (unpaired) electrons. The molecule has 0 unspecified atom stereocenters. The molecule has 126 valence electrons. The summed E-state index contributed by atoms with van der Waals surface area (Å²) in [4.78, 5) is 37.1. The summed E-state index contributed by atoms with van der Waals surface area (Å²) < 4.78 is 10.4. The molecule has 1 saturated heterocycles. The molecule has 2 atom stereocenters. The molecule has 1 aliphatic heterocycles. The number of nitrogens with zero attached hydrogens (tertiary/aromatic N) is 1. The second-order valence-corrected chi connectivity index (χ2v) is 6.59. The third-order valence-corrected chi connectivity index (χ3v) is 4.50. The number of hydrogen-bond donors (Lipinski definition) is 1. The van der Waals surface area contributed by atoms with Gasteiger partial charge in [0.1, 0.15) is 17.2 Å². The first-order chi connectivity index (χ1) is 10.9. The molecule has 23 heavy (non-hydrogen) atoms. The minimum Gasteiger partial charge on any atom is -0.466 e. The molecular formula is C15H20N2O5S. The molecule has 1 N–H and O–H groups in total. The van der Waals surface area contributed by atoms with E-state index in [1.807, 2.05) is 13.8 Å². The van der Waals surface area contributed by atoms with Gasteiger partial charge in [0.15, 0.2) is 6.61 Å². The Kier molecular flexibility index (Phi) is 5.70. The second kappa shape index (κ2) is 7.54. The highest BCUT2D eigenvalue weighted by atomic mass is 32.2. The van der Waals surface area contributed by atoms with Crippen LogP contribution in [0, 0.1) is 0 Å². The fourth-order valence-electron chi connectivity index (χ4n) is 2.32. The van der Waals surface area contributed by atoms with E-state index < -0.39 is 12.0 Å². The van der Waals surface area contributed by atoms with Gasteiger partial charge >= 0.3 is 5.97 Å². The lowest BCUT2D eigenvalue weighted by Gasteiger charge is -2.25. The summed E-state index contributed by atoms with van der Waals surface area (Å²) in [5.41, 5.74) is 0. The van der Waals surface area contributed by atoms with Gasteiger partial charge < -0.3 is 19.4 Å². The van der Waals surface area contributed by atoms with Crippen LogP contribution in [0.2, 0.25) is 0 Å². The highest BCUT2D eigenvalue weighted by Crippen LogP contribution is 2.41. The summed E-state index contributed by atoms with van der Waals surface area (Å²) in [5, 5.41) is 2.28. The number of carbonyl (C=O) groups excluding carboxylic acids is 3. The zero-order valence-electron chi connectivity index (χ0n) is 13.3. The van der Waals surface area contributed by atoms with Crippen molar-refractivity contribution in [2.75, 3.05) is 12.4 Å². The predicted molar refractivity (Wildman–Crippen MR) is 84.5 cm³/mol. The number of ether oxygens (including phenoxy) is 1. The first-order valence-electron chi connectivity index (χ1n) is 7.30. The smallest absolute Gasteiger partial charge is 0.330 e. The summed E-state index contributed by atoms with van der Waals surface area (Å²) in [6.07, 6.45) is 1.52. The van der Waals surface area contributed by atoms with Gasteiger partial charge in [-0.3, -0.25) is 9.59 Å². The first kappa shape index (κ1) is 17.4. The highest BCUT2D eigenvalue weighted by Gasteiger charge is 2.43. The highest BCUT2D eigenvalue weighted by molar-refractivity contribution is 7.99. The lowest BCUT2D eigenvalue weighted by molar-refractivity contribution is -0.156. The van der Waals surface area contributed by atoms with Crippen LogP contribution in [0.4, 0.5) is 0 Å². The maximum Gasteiger partial charge on any atom is 0.330 e. The van der Waals surface area contributed by atoms with Crippen molar-refractivity contribution in [2.45, 2.75) is 38.2 Å². The summed E-state index contributed by atoms with van der Waals surface area (Å²) >= 11 is 1.43. The third-order valence-electron chi connectivity index (χ3n) is 3.22. The van der Waals surface area contributed by atoms with Crippen molar-refractivity contribution in [1.82, 2.24) is 10.2 Å². The molecule has 0 bridgehead atoms. The van der Waals surface area contributed by atoms with Crippen molar-refractivity contribution in [1.29, 1.82) is 0 Å². The molecule has 0 saturated carbocycles. The molecule has 7 nitrogen and oxygen atoms in total. The molecule has 1 aromatic rings. The van der Waals surface area contributed by atoms with E-state index in [0.717, 1.165) is 0 Å². The van der Waals surface area contributed by atoms with E-state index in [1.165, 1.54) is 29.8 Å². The Hall–Kier alpha value is -1.96. The standard InChI is InChI=1S/C15H20N2O5S/c1-9(2)16-13(19)7-22-15(20)11-8-23-14(17(11)10(3)18)12-5-4-6-21-12/h4-6,9,11,14H,7-8H2,1-3H3,(H,16,19)/t11-,14-/m1/s1. The molecule has 2 amide bonds. The molecule has 0 spiro atoms. The zero-order chi connectivity index (χ0) is 17.0. The average molecular weight is 340 g/mol. The maximum atomic E-state index is 12.2. The van der Waals surface area contributed by atoms with E-state index in [-0.39, 0.29) is 29.8 Å². The summed E-state index contributed by atoms with van der Waals surface area (Å²) in [6.45, 7) is 4.68. The van der Waals surface area contributed by atoms with Gasteiger partial charge in [0.05, 0.1) is 6.26 Å². The second-order valence-electron chi connectivity index (χ2n) is 5.47. The van der Waals surface area contributed by atoms with Gasteiger partial charge in [-0.05, 0) is 26.0 Å². The van der Waals surface area contributed by atoms with Gasteiger partial charge in [0.2, 0.25) is 5.91 Å². The van der Waals surface area contributed by atoms with Crippen LogP contribution in [0.15, 0.2) is 22.8 Å². The molecule has 1 fully saturated rings. The maximum absolute atomic E-state index is 12.2. The van der Waals surface area contributed by atoms with Gasteiger partial charge in [0, 0.05) is 18.7 Å². The summed E-state index contributed by atoms with van der Waals surface area (Å²) in [6, 6.07) is 2.74. The fourth-order valence-corrected chi connectivity index (χ4v) is 3.74. The third kappa shape index (κ3) is 4.28. The Morgan fingerprint density at radius 3 is 2.78 bits per heavy atom. The number of thioether (sulfide) groups is 1. The first-order valence-corrected chi connectivity index (χ1v) is 8.35. The van der Waals surface area contributed by atoms with Crippen molar-refractivity contribution < 1.29 is 23.5 Å². The fraction of sp³-hybridized carbons (Fsp3) is 0.533. The number of amides is 2. The lowest BCUT2D eigenvalue weighted by Crippen LogP contribution is -2.44. The number of furan rings is 1. The van der Waals surface area contributed by atoms with Crippen molar-refractivity contribution in [3.05, 3.63) is 24.2 Å². The van der Waals surface area contributed by atoms with Crippen molar-refractivity contribution >= 4 is 29.5 Å². The molecule has 8 heteroatoms. The van der Waals surface area contributed by atoms with Crippen LogP contribution >= 0.6 is 11.8 Å². The molecular weight excluding hydrogens is 320 g/mol. The average Bonchev–Trinajstić information content (AvgIpc) is 3.11. The minimum absolute atomic E-state index is 0.0275. The van der Waals surface area contributed by atoms with Gasteiger partial charge in [-0.1, -0.05) is 0 Å². The molecule has 0 aromatic carbocycles. The van der Waals surface area contributed by atoms with Crippen molar-refractivity contribution in [3.8, 4) is 0 Å². The molecule has 2 heterocycles. The Bertz CT molecular complexity index is 572. The Labute approximate surface area is 138 Å². The predicted octanol–water partition coefficient (Wildman–Crippen LogP) is 1.31. The lowest BCUT2D eigenvalue weighted by atomic mass is 10.2. The number of carbonyl (C=O) groups is 3. The van der Waals surface area contributed by atoms with Crippen LogP contribution in [0.25, 0.3) is 0 Å². The normalized spacial score (nSPS) is 20.6. The number of hydrogen-bond acceptors (Lipinski definition) is 6. The van der Waals surface area contributed by atoms with Crippen LogP contribution in [0.1, 0.15) is 31.9 Å². The van der Waals surface area contributed by atoms with Crippen LogP contribution in [-0.2, 0) is 19.1 Å². The van der Waals surface area contributed by atoms with Gasteiger partial charge in [-0.2, -0.15) is 0 Å². The van der Waals surface area contributed by atoms with E-state index in [1.54, 1.807) is 12.1 Å². The largest absolute Gasteiger partial charge is 0.466 e. The van der Waals surface area contributed by atoms with E-state index in [4.69, 9.17) is 9.15 Å². The van der Waals surface area contributed by atoms with Crippen LogP contribution < -0.4 is 5.32 Å². The van der Waals surface area contributed by atoms with Crippen LogP contribution in [0.3, 0.4) is 0 Å². The molecule has 1 aliphatic rings. The SMILES string of the molecule is CC(=O)N1[C@@H](C(=O)OCC(=O)NC(C)C)CS[C@@H]1c1ccco1. The van der Waals surface area contributed by atoms with Gasteiger partial charge in [0.25, 0.3) is 5.91 Å². The number of rotatable bonds is 5. The van der Waals surface area contributed by atoms with E-state index in [2.05, 4.69) is 5.32 Å². The summed E-state index contributed by atoms with van der Waals surface area (Å²) in [5.74, 6) is -0.185. The molecule has 0 aliphatic carbocycles. The van der Waals surface area contributed by atoms with Gasteiger partial charge in [-0.15, -0.1) is 11.8 Å². The van der Waals surface area contributed by atoms with E-state index in [0.29, 0.717) is 11.5 Å². The summed E-state index contributed by atoms with van der Waals surface area (Å²) in [7, 11) is 0. The van der Waals surface area contributed by atoms with Crippen LogP contribution in [0.5, 0.6) is 0 Å². The topological polar surface area (TPSA) is 88.8 Å².